The standard InChI is InChI=1S/C15H13Br2FO2/c1-2-20-10-4-6-11(13(17)8-10)15(19)12-5-3-9(16)7-14(12)18/h3-8,15,19H,2H2,1H3. The van der Waals surface area contributed by atoms with E-state index in [9.17, 15) is 9.50 Å². The Balaban J connectivity index is 2.35. The van der Waals surface area contributed by atoms with Crippen LogP contribution >= 0.6 is 31.9 Å². The molecule has 20 heavy (non-hydrogen) atoms. The van der Waals surface area contributed by atoms with Crippen LogP contribution in [0.3, 0.4) is 0 Å². The second-order valence-electron chi connectivity index (χ2n) is 4.18. The molecule has 0 amide bonds. The van der Waals surface area contributed by atoms with E-state index in [2.05, 4.69) is 31.9 Å². The van der Waals surface area contributed by atoms with E-state index in [0.717, 1.165) is 0 Å². The Morgan fingerprint density at radius 1 is 1.15 bits per heavy atom. The largest absolute Gasteiger partial charge is 0.494 e. The fourth-order valence-electron chi connectivity index (χ4n) is 1.88. The van der Waals surface area contributed by atoms with E-state index in [1.54, 1.807) is 30.3 Å². The lowest BCUT2D eigenvalue weighted by atomic mass is 10.0. The number of aliphatic hydroxyl groups excluding tert-OH is 1. The van der Waals surface area contributed by atoms with Gasteiger partial charge in [-0.3, -0.25) is 0 Å². The van der Waals surface area contributed by atoms with Gasteiger partial charge in [0.2, 0.25) is 0 Å². The third-order valence-electron chi connectivity index (χ3n) is 2.83. The predicted molar refractivity (Wildman–Crippen MR) is 83.5 cm³/mol. The molecule has 1 N–H and O–H groups in total. The van der Waals surface area contributed by atoms with Crippen molar-refractivity contribution in [1.29, 1.82) is 0 Å². The monoisotopic (exact) mass is 402 g/mol. The quantitative estimate of drug-likeness (QED) is 0.791. The maximum atomic E-state index is 13.9. The summed E-state index contributed by atoms with van der Waals surface area (Å²) in [5, 5.41) is 10.3. The van der Waals surface area contributed by atoms with E-state index in [0.29, 0.717) is 26.9 Å². The van der Waals surface area contributed by atoms with Crippen LogP contribution in [-0.4, -0.2) is 11.7 Å². The maximum Gasteiger partial charge on any atom is 0.130 e. The first-order valence-electron chi connectivity index (χ1n) is 6.08. The lowest BCUT2D eigenvalue weighted by Gasteiger charge is -2.15. The molecular weight excluding hydrogens is 391 g/mol. The topological polar surface area (TPSA) is 29.5 Å². The van der Waals surface area contributed by atoms with Crippen molar-refractivity contribution < 1.29 is 14.2 Å². The molecule has 0 saturated heterocycles. The van der Waals surface area contributed by atoms with Gasteiger partial charge in [0.1, 0.15) is 17.7 Å². The third kappa shape index (κ3) is 3.40. The molecule has 0 aliphatic rings. The predicted octanol–water partition coefficient (Wildman–Crippen LogP) is 4.83. The summed E-state index contributed by atoms with van der Waals surface area (Å²) in [6, 6.07) is 9.84. The minimum absolute atomic E-state index is 0.234. The average molecular weight is 404 g/mol. The van der Waals surface area contributed by atoms with Gasteiger partial charge in [0.25, 0.3) is 0 Å². The number of halogens is 3. The van der Waals surface area contributed by atoms with Crippen molar-refractivity contribution in [2.45, 2.75) is 13.0 Å². The van der Waals surface area contributed by atoms with Crippen molar-refractivity contribution in [2.75, 3.05) is 6.61 Å². The highest BCUT2D eigenvalue weighted by molar-refractivity contribution is 9.10. The summed E-state index contributed by atoms with van der Waals surface area (Å²) >= 11 is 6.58. The highest BCUT2D eigenvalue weighted by Crippen LogP contribution is 2.33. The van der Waals surface area contributed by atoms with Crippen molar-refractivity contribution >= 4 is 31.9 Å². The van der Waals surface area contributed by atoms with Crippen LogP contribution in [0.2, 0.25) is 0 Å². The molecule has 0 heterocycles. The molecule has 2 aromatic carbocycles. The number of benzene rings is 2. The molecule has 1 atom stereocenters. The zero-order valence-electron chi connectivity index (χ0n) is 10.7. The van der Waals surface area contributed by atoms with Crippen molar-refractivity contribution in [2.24, 2.45) is 0 Å². The Hall–Kier alpha value is -0.910. The Bertz CT molecular complexity index is 617. The SMILES string of the molecule is CCOc1ccc(C(O)c2ccc(Br)cc2F)c(Br)c1. The van der Waals surface area contributed by atoms with E-state index < -0.39 is 11.9 Å². The van der Waals surface area contributed by atoms with Crippen molar-refractivity contribution in [3.05, 3.63) is 62.3 Å². The molecule has 0 fully saturated rings. The fraction of sp³-hybridized carbons (Fsp3) is 0.200. The molecule has 0 aromatic heterocycles. The first kappa shape index (κ1) is 15.5. The summed E-state index contributed by atoms with van der Waals surface area (Å²) in [5.74, 6) is 0.249. The molecule has 106 valence electrons. The van der Waals surface area contributed by atoms with E-state index >= 15 is 0 Å². The molecule has 0 aliphatic heterocycles. The highest BCUT2D eigenvalue weighted by atomic mass is 79.9. The summed E-state index contributed by atoms with van der Waals surface area (Å²) in [4.78, 5) is 0. The normalized spacial score (nSPS) is 12.2. The van der Waals surface area contributed by atoms with Gasteiger partial charge in [-0.1, -0.05) is 44.0 Å². The molecule has 0 aliphatic carbocycles. The smallest absolute Gasteiger partial charge is 0.130 e. The molecule has 2 nitrogen and oxygen atoms in total. The number of hydrogen-bond donors (Lipinski definition) is 1. The summed E-state index contributed by atoms with van der Waals surface area (Å²) in [7, 11) is 0. The Morgan fingerprint density at radius 3 is 2.45 bits per heavy atom. The summed E-state index contributed by atoms with van der Waals surface area (Å²) in [6.07, 6.45) is -1.03. The van der Waals surface area contributed by atoms with Gasteiger partial charge >= 0.3 is 0 Å². The van der Waals surface area contributed by atoms with Gasteiger partial charge in [-0.2, -0.15) is 0 Å². The second-order valence-corrected chi connectivity index (χ2v) is 5.95. The minimum Gasteiger partial charge on any atom is -0.494 e. The molecular formula is C15H13Br2FO2. The van der Waals surface area contributed by atoms with Gasteiger partial charge < -0.3 is 9.84 Å². The maximum absolute atomic E-state index is 13.9. The molecule has 0 radical (unpaired) electrons. The van der Waals surface area contributed by atoms with Crippen LogP contribution in [0.15, 0.2) is 45.3 Å². The molecule has 5 heteroatoms. The molecule has 0 spiro atoms. The molecule has 2 rings (SSSR count). The summed E-state index contributed by atoms with van der Waals surface area (Å²) in [5.41, 5.74) is 0.827. The van der Waals surface area contributed by atoms with Gasteiger partial charge in [0, 0.05) is 14.5 Å². The Morgan fingerprint density at radius 2 is 1.85 bits per heavy atom. The van der Waals surface area contributed by atoms with Gasteiger partial charge in [0.15, 0.2) is 0 Å². The van der Waals surface area contributed by atoms with E-state index in [1.165, 1.54) is 6.07 Å². The summed E-state index contributed by atoms with van der Waals surface area (Å²) in [6.45, 7) is 2.46. The van der Waals surface area contributed by atoms with Crippen LogP contribution in [0.25, 0.3) is 0 Å². The Labute approximate surface area is 133 Å². The van der Waals surface area contributed by atoms with Crippen LogP contribution in [-0.2, 0) is 0 Å². The fourth-order valence-corrected chi connectivity index (χ4v) is 2.78. The summed E-state index contributed by atoms with van der Waals surface area (Å²) < 4.78 is 20.6. The zero-order chi connectivity index (χ0) is 14.7. The first-order chi connectivity index (χ1) is 9.52. The number of hydrogen-bond acceptors (Lipinski definition) is 2. The van der Waals surface area contributed by atoms with Crippen LogP contribution < -0.4 is 4.74 Å². The van der Waals surface area contributed by atoms with E-state index in [4.69, 9.17) is 4.74 Å². The van der Waals surface area contributed by atoms with Crippen LogP contribution in [0, 0.1) is 5.82 Å². The zero-order valence-corrected chi connectivity index (χ0v) is 13.9. The first-order valence-corrected chi connectivity index (χ1v) is 7.66. The van der Waals surface area contributed by atoms with E-state index in [1.807, 2.05) is 6.92 Å². The average Bonchev–Trinajstić information content (AvgIpc) is 2.38. The number of ether oxygens (including phenoxy) is 1. The molecule has 1 unspecified atom stereocenters. The lowest BCUT2D eigenvalue weighted by molar-refractivity contribution is 0.214. The van der Waals surface area contributed by atoms with Gasteiger partial charge in [0.05, 0.1) is 6.61 Å². The molecule has 0 saturated carbocycles. The van der Waals surface area contributed by atoms with Gasteiger partial charge in [-0.25, -0.2) is 4.39 Å². The lowest BCUT2D eigenvalue weighted by Crippen LogP contribution is -2.04. The van der Waals surface area contributed by atoms with E-state index in [-0.39, 0.29) is 5.56 Å². The van der Waals surface area contributed by atoms with Crippen LogP contribution in [0.1, 0.15) is 24.2 Å². The molecule has 0 bridgehead atoms. The molecule has 2 aromatic rings. The van der Waals surface area contributed by atoms with Crippen LogP contribution in [0.4, 0.5) is 4.39 Å². The van der Waals surface area contributed by atoms with Crippen LogP contribution in [0.5, 0.6) is 5.75 Å². The van der Waals surface area contributed by atoms with Gasteiger partial charge in [-0.05, 0) is 36.8 Å². The highest BCUT2D eigenvalue weighted by Gasteiger charge is 2.18. The van der Waals surface area contributed by atoms with Gasteiger partial charge in [-0.15, -0.1) is 0 Å². The number of rotatable bonds is 4. The second kappa shape index (κ2) is 6.70. The third-order valence-corrected chi connectivity index (χ3v) is 4.01. The van der Waals surface area contributed by atoms with Crippen molar-refractivity contribution in [3.8, 4) is 5.75 Å². The minimum atomic E-state index is -1.03. The van der Waals surface area contributed by atoms with Crippen molar-refractivity contribution in [3.63, 3.8) is 0 Å². The Kier molecular flexibility index (Phi) is 5.18. The van der Waals surface area contributed by atoms with Crippen molar-refractivity contribution in [1.82, 2.24) is 0 Å². The number of aliphatic hydroxyl groups is 1.